The molecule has 2 heterocycles. The van der Waals surface area contributed by atoms with Crippen LogP contribution in [0.2, 0.25) is 0 Å². The number of nitrogens with one attached hydrogen (secondary N) is 1. The fourth-order valence-corrected chi connectivity index (χ4v) is 1.73. The van der Waals surface area contributed by atoms with Crippen LogP contribution >= 0.6 is 11.8 Å². The normalized spacial score (nSPS) is 10.5. The zero-order chi connectivity index (χ0) is 12.4. The van der Waals surface area contributed by atoms with Gasteiger partial charge in [-0.1, -0.05) is 0 Å². The van der Waals surface area contributed by atoms with Crippen LogP contribution in [0.25, 0.3) is 0 Å². The van der Waals surface area contributed by atoms with Crippen LogP contribution in [0.1, 0.15) is 0 Å². The lowest BCUT2D eigenvalue weighted by atomic mass is 10.9. The summed E-state index contributed by atoms with van der Waals surface area (Å²) in [6, 6.07) is 0.112. The molecule has 9 nitrogen and oxygen atoms in total. The lowest BCUT2D eigenvalue weighted by Gasteiger charge is -2.02. The fraction of sp³-hybridized carbons (Fsp3) is 0.286. The van der Waals surface area contributed by atoms with Crippen molar-refractivity contribution in [3.8, 4) is 6.01 Å². The maximum absolute atomic E-state index is 11.1. The van der Waals surface area contributed by atoms with Gasteiger partial charge in [0.05, 0.1) is 7.11 Å². The maximum Gasteiger partial charge on any atom is 0.343 e. The number of H-pyrrole nitrogens is 1. The molecule has 0 fully saturated rings. The van der Waals surface area contributed by atoms with Gasteiger partial charge < -0.3 is 10.5 Å². The van der Waals surface area contributed by atoms with Gasteiger partial charge in [0.25, 0.3) is 0 Å². The first-order valence-corrected chi connectivity index (χ1v) is 5.26. The summed E-state index contributed by atoms with van der Waals surface area (Å²) in [6.45, 7) is 0. The predicted octanol–water partition coefficient (Wildman–Crippen LogP) is -0.965. The van der Waals surface area contributed by atoms with E-state index >= 15 is 0 Å². The number of methoxy groups -OCH3 is 1. The van der Waals surface area contributed by atoms with Crippen LogP contribution in [-0.2, 0) is 7.05 Å². The number of nitrogens with two attached hydrogens (primary N) is 1. The molecule has 0 spiro atoms. The Morgan fingerprint density at radius 3 is 2.76 bits per heavy atom. The van der Waals surface area contributed by atoms with Gasteiger partial charge in [-0.05, 0) is 11.8 Å². The zero-order valence-corrected chi connectivity index (χ0v) is 9.85. The van der Waals surface area contributed by atoms with Crippen LogP contribution in [0, 0.1) is 0 Å². The van der Waals surface area contributed by atoms with Gasteiger partial charge in [-0.2, -0.15) is 15.0 Å². The van der Waals surface area contributed by atoms with Gasteiger partial charge in [-0.3, -0.25) is 4.57 Å². The van der Waals surface area contributed by atoms with Crippen LogP contribution < -0.4 is 16.2 Å². The van der Waals surface area contributed by atoms with E-state index in [4.69, 9.17) is 10.5 Å². The van der Waals surface area contributed by atoms with E-state index in [0.717, 1.165) is 11.8 Å². The van der Waals surface area contributed by atoms with Gasteiger partial charge in [0.15, 0.2) is 5.16 Å². The average Bonchev–Trinajstić information content (AvgIpc) is 2.60. The molecule has 2 aromatic rings. The zero-order valence-electron chi connectivity index (χ0n) is 9.04. The smallest absolute Gasteiger partial charge is 0.343 e. The first kappa shape index (κ1) is 11.4. The number of hydrogen-bond donors (Lipinski definition) is 2. The van der Waals surface area contributed by atoms with Crippen LogP contribution in [0.5, 0.6) is 6.01 Å². The molecular weight excluding hydrogens is 246 g/mol. The highest BCUT2D eigenvalue weighted by atomic mass is 32.2. The van der Waals surface area contributed by atoms with Crippen molar-refractivity contribution in [2.75, 3.05) is 12.8 Å². The minimum atomic E-state index is -0.318. The summed E-state index contributed by atoms with van der Waals surface area (Å²) in [4.78, 5) is 22.8. The third-order valence-corrected chi connectivity index (χ3v) is 2.73. The number of aromatic amines is 1. The summed E-state index contributed by atoms with van der Waals surface area (Å²) in [6.07, 6.45) is 0. The van der Waals surface area contributed by atoms with Gasteiger partial charge in [0, 0.05) is 7.05 Å². The Labute approximate surface area is 99.4 Å². The van der Waals surface area contributed by atoms with Crippen molar-refractivity contribution in [3.63, 3.8) is 0 Å². The number of ether oxygens (including phenoxy) is 1. The van der Waals surface area contributed by atoms with E-state index in [2.05, 4.69) is 25.1 Å². The summed E-state index contributed by atoms with van der Waals surface area (Å²) in [5.74, 6) is 0.0416. The van der Waals surface area contributed by atoms with Gasteiger partial charge >= 0.3 is 11.7 Å². The minimum Gasteiger partial charge on any atom is -0.467 e. The van der Waals surface area contributed by atoms with Gasteiger partial charge in [-0.25, -0.2) is 9.89 Å². The molecule has 0 saturated heterocycles. The molecule has 10 heteroatoms. The second kappa shape index (κ2) is 4.41. The maximum atomic E-state index is 11.1. The number of hydrogen-bond acceptors (Lipinski definition) is 8. The van der Waals surface area contributed by atoms with E-state index in [1.165, 1.54) is 11.7 Å². The third kappa shape index (κ3) is 2.36. The molecule has 17 heavy (non-hydrogen) atoms. The number of nitrogen functional groups attached to an aromatic ring is 1. The Balaban J connectivity index is 2.33. The third-order valence-electron chi connectivity index (χ3n) is 1.82. The molecule has 0 aromatic carbocycles. The number of rotatable bonds is 3. The fourth-order valence-electron chi connectivity index (χ4n) is 0.995. The molecule has 3 N–H and O–H groups in total. The highest BCUT2D eigenvalue weighted by Gasteiger charge is 2.11. The Bertz CT molecular complexity index is 592. The molecule has 0 aliphatic carbocycles. The second-order valence-corrected chi connectivity index (χ2v) is 3.87. The topological polar surface area (TPSA) is 125 Å². The molecule has 0 saturated carbocycles. The molecule has 2 aromatic heterocycles. The highest BCUT2D eigenvalue weighted by molar-refractivity contribution is 7.99. The van der Waals surface area contributed by atoms with Crippen LogP contribution in [0.4, 0.5) is 5.95 Å². The van der Waals surface area contributed by atoms with Crippen molar-refractivity contribution in [2.24, 2.45) is 7.05 Å². The first-order chi connectivity index (χ1) is 8.10. The second-order valence-electron chi connectivity index (χ2n) is 2.94. The summed E-state index contributed by atoms with van der Waals surface area (Å²) in [7, 11) is 3.00. The lowest BCUT2D eigenvalue weighted by molar-refractivity contribution is 0.374. The van der Waals surface area contributed by atoms with E-state index in [1.807, 2.05) is 0 Å². The molecule has 90 valence electrons. The van der Waals surface area contributed by atoms with Crippen LogP contribution in [0.15, 0.2) is 15.1 Å². The quantitative estimate of drug-likeness (QED) is 0.718. The van der Waals surface area contributed by atoms with Crippen LogP contribution in [0.3, 0.4) is 0 Å². The van der Waals surface area contributed by atoms with Gasteiger partial charge in [-0.15, -0.1) is 5.10 Å². The summed E-state index contributed by atoms with van der Waals surface area (Å²) < 4.78 is 6.19. The molecule has 2 rings (SSSR count). The van der Waals surface area contributed by atoms with Crippen molar-refractivity contribution in [1.29, 1.82) is 0 Å². The molecule has 0 aliphatic rings. The standard InChI is InChI=1S/C7H9N7O2S/c1-14-6(15)12-13-7(14)17-5-10-3(8)9-4(11-5)16-2/h1-2H3,(H,12,15)(H2,8,9,10,11). The molecular formula is C7H9N7O2S. The average molecular weight is 255 g/mol. The first-order valence-electron chi connectivity index (χ1n) is 4.45. The molecule has 0 bridgehead atoms. The predicted molar refractivity (Wildman–Crippen MR) is 58.7 cm³/mol. The van der Waals surface area contributed by atoms with Crippen molar-refractivity contribution in [1.82, 2.24) is 29.7 Å². The summed E-state index contributed by atoms with van der Waals surface area (Å²) in [5, 5.41) is 6.83. The SMILES string of the molecule is COc1nc(N)nc(Sc2n[nH]c(=O)n2C)n1. The molecule has 0 radical (unpaired) electrons. The minimum absolute atomic E-state index is 0.0416. The molecule has 0 aliphatic heterocycles. The van der Waals surface area contributed by atoms with Crippen molar-refractivity contribution < 1.29 is 4.74 Å². The van der Waals surface area contributed by atoms with Crippen LogP contribution in [-0.4, -0.2) is 36.8 Å². The largest absolute Gasteiger partial charge is 0.467 e. The summed E-state index contributed by atoms with van der Waals surface area (Å²) >= 11 is 1.08. The number of anilines is 1. The Hall–Kier alpha value is -2.10. The van der Waals surface area contributed by atoms with Crippen molar-refractivity contribution in [3.05, 3.63) is 10.5 Å². The van der Waals surface area contributed by atoms with E-state index < -0.39 is 0 Å². The highest BCUT2D eigenvalue weighted by Crippen LogP contribution is 2.22. The van der Waals surface area contributed by atoms with Gasteiger partial charge in [0.2, 0.25) is 11.1 Å². The number of aromatic nitrogens is 6. The van der Waals surface area contributed by atoms with E-state index in [9.17, 15) is 4.79 Å². The Morgan fingerprint density at radius 1 is 1.41 bits per heavy atom. The Morgan fingerprint density at radius 2 is 2.18 bits per heavy atom. The number of nitrogens with zero attached hydrogens (tertiary/aromatic N) is 5. The molecule has 0 atom stereocenters. The van der Waals surface area contributed by atoms with Gasteiger partial charge in [0.1, 0.15) is 0 Å². The summed E-state index contributed by atoms with van der Waals surface area (Å²) in [5.41, 5.74) is 5.16. The van der Waals surface area contributed by atoms with Crippen molar-refractivity contribution in [2.45, 2.75) is 10.3 Å². The van der Waals surface area contributed by atoms with E-state index in [-0.39, 0.29) is 17.6 Å². The monoisotopic (exact) mass is 255 g/mol. The molecule has 0 unspecified atom stereocenters. The lowest BCUT2D eigenvalue weighted by Crippen LogP contribution is -2.13. The Kier molecular flexibility index (Phi) is 2.95. The van der Waals surface area contributed by atoms with Crippen molar-refractivity contribution >= 4 is 17.7 Å². The van der Waals surface area contributed by atoms with E-state index in [1.54, 1.807) is 7.05 Å². The molecule has 0 amide bonds. The van der Waals surface area contributed by atoms with E-state index in [0.29, 0.717) is 10.3 Å².